The van der Waals surface area contributed by atoms with Gasteiger partial charge in [-0.2, -0.15) is 0 Å². The highest BCUT2D eigenvalue weighted by molar-refractivity contribution is 5.75. The smallest absolute Gasteiger partial charge is 0.223 e. The van der Waals surface area contributed by atoms with Crippen LogP contribution < -0.4 is 5.32 Å². The van der Waals surface area contributed by atoms with Crippen molar-refractivity contribution >= 4 is 5.91 Å². The molecule has 0 saturated carbocycles. The third-order valence-corrected chi connectivity index (χ3v) is 3.10. The van der Waals surface area contributed by atoms with Crippen LogP contribution in [0.3, 0.4) is 0 Å². The Kier molecular flexibility index (Phi) is 5.11. The number of benzene rings is 1. The molecule has 0 saturated heterocycles. The highest BCUT2D eigenvalue weighted by Gasteiger charge is 2.06. The van der Waals surface area contributed by atoms with Crippen molar-refractivity contribution in [3.63, 3.8) is 0 Å². The van der Waals surface area contributed by atoms with Crippen molar-refractivity contribution in [3.05, 3.63) is 48.0 Å². The lowest BCUT2D eigenvalue weighted by Crippen LogP contribution is -2.26. The zero-order valence-corrected chi connectivity index (χ0v) is 12.2. The SMILES string of the molecule is CN(C)C(=O)CCNCc1ccc(-c2ccc(F)cc2)o1. The molecule has 21 heavy (non-hydrogen) atoms. The summed E-state index contributed by atoms with van der Waals surface area (Å²) in [7, 11) is 3.48. The monoisotopic (exact) mass is 290 g/mol. The predicted octanol–water partition coefficient (Wildman–Crippen LogP) is 2.65. The average molecular weight is 290 g/mol. The highest BCUT2D eigenvalue weighted by atomic mass is 19.1. The van der Waals surface area contributed by atoms with E-state index < -0.39 is 0 Å². The fourth-order valence-corrected chi connectivity index (χ4v) is 1.87. The fourth-order valence-electron chi connectivity index (χ4n) is 1.87. The summed E-state index contributed by atoms with van der Waals surface area (Å²) in [6.45, 7) is 1.16. The van der Waals surface area contributed by atoms with E-state index in [0.29, 0.717) is 25.3 Å². The maximum atomic E-state index is 12.9. The van der Waals surface area contributed by atoms with E-state index in [1.807, 2.05) is 12.1 Å². The lowest BCUT2D eigenvalue weighted by Gasteiger charge is -2.09. The molecule has 0 spiro atoms. The molecule has 0 aliphatic rings. The Morgan fingerprint density at radius 2 is 1.90 bits per heavy atom. The van der Waals surface area contributed by atoms with E-state index in [1.54, 1.807) is 31.1 Å². The lowest BCUT2D eigenvalue weighted by atomic mass is 10.2. The second-order valence-corrected chi connectivity index (χ2v) is 4.99. The van der Waals surface area contributed by atoms with Crippen molar-refractivity contribution in [1.82, 2.24) is 10.2 Å². The van der Waals surface area contributed by atoms with Crippen LogP contribution in [-0.2, 0) is 11.3 Å². The number of hydrogen-bond acceptors (Lipinski definition) is 3. The molecular formula is C16H19FN2O2. The maximum Gasteiger partial charge on any atom is 0.223 e. The Labute approximate surface area is 123 Å². The zero-order chi connectivity index (χ0) is 15.2. The van der Waals surface area contributed by atoms with Crippen LogP contribution in [0.2, 0.25) is 0 Å². The van der Waals surface area contributed by atoms with E-state index in [2.05, 4.69) is 5.32 Å². The first-order chi connectivity index (χ1) is 10.1. The minimum absolute atomic E-state index is 0.0916. The Bertz CT molecular complexity index is 591. The minimum Gasteiger partial charge on any atom is -0.460 e. The molecule has 112 valence electrons. The van der Waals surface area contributed by atoms with Crippen molar-refractivity contribution in [2.75, 3.05) is 20.6 Å². The number of amides is 1. The summed E-state index contributed by atoms with van der Waals surface area (Å²) in [5.74, 6) is 1.31. The summed E-state index contributed by atoms with van der Waals surface area (Å²) >= 11 is 0. The molecule has 1 aromatic heterocycles. The molecule has 0 unspecified atom stereocenters. The molecule has 0 aliphatic carbocycles. The van der Waals surface area contributed by atoms with E-state index >= 15 is 0 Å². The van der Waals surface area contributed by atoms with E-state index in [9.17, 15) is 9.18 Å². The number of carbonyl (C=O) groups excluding carboxylic acids is 1. The second-order valence-electron chi connectivity index (χ2n) is 4.99. The molecule has 0 radical (unpaired) electrons. The van der Waals surface area contributed by atoms with Crippen LogP contribution in [0.15, 0.2) is 40.8 Å². The van der Waals surface area contributed by atoms with Crippen LogP contribution in [0.4, 0.5) is 4.39 Å². The van der Waals surface area contributed by atoms with Gasteiger partial charge in [-0.15, -0.1) is 0 Å². The van der Waals surface area contributed by atoms with Gasteiger partial charge in [0.2, 0.25) is 5.91 Å². The molecule has 0 fully saturated rings. The third-order valence-electron chi connectivity index (χ3n) is 3.10. The number of hydrogen-bond donors (Lipinski definition) is 1. The van der Waals surface area contributed by atoms with Crippen LogP contribution in [0.5, 0.6) is 0 Å². The standard InChI is InChI=1S/C16H19FN2O2/c1-19(2)16(20)9-10-18-11-14-7-8-15(21-14)12-3-5-13(17)6-4-12/h3-8,18H,9-11H2,1-2H3. The molecular weight excluding hydrogens is 271 g/mol. The molecule has 5 heteroatoms. The predicted molar refractivity (Wildman–Crippen MR) is 79.1 cm³/mol. The van der Waals surface area contributed by atoms with E-state index in [4.69, 9.17) is 4.42 Å². The number of carbonyl (C=O) groups is 1. The van der Waals surface area contributed by atoms with Gasteiger partial charge in [-0.25, -0.2) is 4.39 Å². The summed E-state index contributed by atoms with van der Waals surface area (Å²) in [6.07, 6.45) is 0.457. The topological polar surface area (TPSA) is 45.5 Å². The van der Waals surface area contributed by atoms with Gasteiger partial charge in [-0.3, -0.25) is 4.79 Å². The van der Waals surface area contributed by atoms with Gasteiger partial charge in [0.15, 0.2) is 0 Å². The molecule has 1 heterocycles. The first-order valence-electron chi connectivity index (χ1n) is 6.82. The van der Waals surface area contributed by atoms with Gasteiger partial charge in [0.05, 0.1) is 6.54 Å². The molecule has 0 atom stereocenters. The Balaban J connectivity index is 1.83. The molecule has 2 rings (SSSR count). The van der Waals surface area contributed by atoms with Crippen molar-refractivity contribution in [2.24, 2.45) is 0 Å². The molecule has 0 bridgehead atoms. The van der Waals surface area contributed by atoms with Gasteiger partial charge in [-0.05, 0) is 36.4 Å². The molecule has 2 aromatic rings. The summed E-state index contributed by atoms with van der Waals surface area (Å²) in [5, 5.41) is 3.16. The Morgan fingerprint density at radius 3 is 2.57 bits per heavy atom. The number of nitrogens with one attached hydrogen (secondary N) is 1. The van der Waals surface area contributed by atoms with Crippen molar-refractivity contribution < 1.29 is 13.6 Å². The van der Waals surface area contributed by atoms with E-state index in [-0.39, 0.29) is 11.7 Å². The van der Waals surface area contributed by atoms with E-state index in [0.717, 1.165) is 11.3 Å². The van der Waals surface area contributed by atoms with Gasteiger partial charge < -0.3 is 14.6 Å². The summed E-state index contributed by atoms with van der Waals surface area (Å²) < 4.78 is 18.5. The summed E-state index contributed by atoms with van der Waals surface area (Å²) in [4.78, 5) is 13.0. The van der Waals surface area contributed by atoms with Crippen LogP contribution in [-0.4, -0.2) is 31.4 Å². The fraction of sp³-hybridized carbons (Fsp3) is 0.312. The quantitative estimate of drug-likeness (QED) is 0.832. The van der Waals surface area contributed by atoms with Gasteiger partial charge in [0.1, 0.15) is 17.3 Å². The maximum absolute atomic E-state index is 12.9. The number of halogens is 1. The summed E-state index contributed by atoms with van der Waals surface area (Å²) in [6, 6.07) is 9.90. The largest absolute Gasteiger partial charge is 0.460 e. The highest BCUT2D eigenvalue weighted by Crippen LogP contribution is 2.22. The summed E-state index contributed by atoms with van der Waals surface area (Å²) in [5.41, 5.74) is 0.838. The zero-order valence-electron chi connectivity index (χ0n) is 12.2. The molecule has 1 aromatic carbocycles. The number of furan rings is 1. The lowest BCUT2D eigenvalue weighted by molar-refractivity contribution is -0.128. The normalized spacial score (nSPS) is 10.6. The molecule has 0 aliphatic heterocycles. The van der Waals surface area contributed by atoms with Gasteiger partial charge in [-0.1, -0.05) is 0 Å². The van der Waals surface area contributed by atoms with Crippen LogP contribution in [0, 0.1) is 5.82 Å². The van der Waals surface area contributed by atoms with E-state index in [1.165, 1.54) is 12.1 Å². The van der Waals surface area contributed by atoms with Crippen molar-refractivity contribution in [2.45, 2.75) is 13.0 Å². The number of nitrogens with zero attached hydrogens (tertiary/aromatic N) is 1. The molecule has 1 amide bonds. The first kappa shape index (κ1) is 15.3. The second kappa shape index (κ2) is 7.04. The Hall–Kier alpha value is -2.14. The van der Waals surface area contributed by atoms with Gasteiger partial charge >= 0.3 is 0 Å². The third kappa shape index (κ3) is 4.43. The van der Waals surface area contributed by atoms with Crippen LogP contribution in [0.25, 0.3) is 11.3 Å². The van der Waals surface area contributed by atoms with Crippen molar-refractivity contribution in [1.29, 1.82) is 0 Å². The molecule has 4 nitrogen and oxygen atoms in total. The molecule has 1 N–H and O–H groups in total. The van der Waals surface area contributed by atoms with Crippen LogP contribution >= 0.6 is 0 Å². The van der Waals surface area contributed by atoms with Crippen molar-refractivity contribution in [3.8, 4) is 11.3 Å². The van der Waals surface area contributed by atoms with Gasteiger partial charge in [0.25, 0.3) is 0 Å². The first-order valence-corrected chi connectivity index (χ1v) is 6.82. The number of rotatable bonds is 6. The van der Waals surface area contributed by atoms with Gasteiger partial charge in [0, 0.05) is 32.6 Å². The average Bonchev–Trinajstić information content (AvgIpc) is 2.93. The Morgan fingerprint density at radius 1 is 1.19 bits per heavy atom. The minimum atomic E-state index is -0.266. The van der Waals surface area contributed by atoms with Crippen LogP contribution in [0.1, 0.15) is 12.2 Å².